The third-order valence-electron chi connectivity index (χ3n) is 3.90. The molecular formula is C22H16N2O2. The highest BCUT2D eigenvalue weighted by atomic mass is 16.3. The zero-order valence-electron chi connectivity index (χ0n) is 13.9. The first kappa shape index (κ1) is 15.8. The second-order valence-electron chi connectivity index (χ2n) is 5.80. The Morgan fingerprint density at radius 1 is 0.923 bits per heavy atom. The fraction of sp³-hybridized carbons (Fsp3) is 0. The predicted octanol–water partition coefficient (Wildman–Crippen LogP) is 5.15. The number of amides is 1. The normalized spacial score (nSPS) is 11.1. The molecule has 4 nitrogen and oxygen atoms in total. The first-order chi connectivity index (χ1) is 12.8. The zero-order valence-corrected chi connectivity index (χ0v) is 13.9. The minimum Gasteiger partial charge on any atom is -0.436 e. The van der Waals surface area contributed by atoms with E-state index in [1.54, 1.807) is 18.2 Å². The van der Waals surface area contributed by atoms with Crippen molar-refractivity contribution in [2.24, 2.45) is 0 Å². The summed E-state index contributed by atoms with van der Waals surface area (Å²) >= 11 is 0. The van der Waals surface area contributed by atoms with E-state index in [-0.39, 0.29) is 5.91 Å². The van der Waals surface area contributed by atoms with Gasteiger partial charge in [0, 0.05) is 17.3 Å². The monoisotopic (exact) mass is 340 g/mol. The van der Waals surface area contributed by atoms with Gasteiger partial charge in [0.25, 0.3) is 0 Å². The van der Waals surface area contributed by atoms with Crippen molar-refractivity contribution >= 4 is 28.8 Å². The first-order valence-electron chi connectivity index (χ1n) is 8.28. The Bertz CT molecular complexity index is 1070. The number of fused-ring (bicyclic) bond motifs is 1. The molecule has 4 aromatic rings. The lowest BCUT2D eigenvalue weighted by molar-refractivity contribution is -0.111. The standard InChI is InChI=1S/C22H16N2O2/c25-21(14-11-16-7-3-1-4-8-16)23-18-12-13-20-19(15-18)24-22(26-20)17-9-5-2-6-10-17/h1-15H,(H,23,25)/b14-11+. The number of hydrogen-bond donors (Lipinski definition) is 1. The van der Waals surface area contributed by atoms with E-state index in [1.165, 1.54) is 6.08 Å². The van der Waals surface area contributed by atoms with Gasteiger partial charge >= 0.3 is 0 Å². The summed E-state index contributed by atoms with van der Waals surface area (Å²) in [6, 6.07) is 24.8. The molecule has 0 aliphatic rings. The van der Waals surface area contributed by atoms with Crippen LogP contribution in [0.15, 0.2) is 89.4 Å². The van der Waals surface area contributed by atoms with E-state index < -0.39 is 0 Å². The highest BCUT2D eigenvalue weighted by molar-refractivity contribution is 6.02. The van der Waals surface area contributed by atoms with Crippen LogP contribution < -0.4 is 5.32 Å². The predicted molar refractivity (Wildman–Crippen MR) is 104 cm³/mol. The summed E-state index contributed by atoms with van der Waals surface area (Å²) in [5, 5.41) is 2.85. The fourth-order valence-corrected chi connectivity index (χ4v) is 2.63. The van der Waals surface area contributed by atoms with Crippen molar-refractivity contribution in [1.29, 1.82) is 0 Å². The first-order valence-corrected chi connectivity index (χ1v) is 8.28. The smallest absolute Gasteiger partial charge is 0.248 e. The number of rotatable bonds is 4. The maximum absolute atomic E-state index is 12.1. The summed E-state index contributed by atoms with van der Waals surface area (Å²) < 4.78 is 5.78. The molecule has 126 valence electrons. The number of carbonyl (C=O) groups is 1. The van der Waals surface area contributed by atoms with Crippen LogP contribution in [0.2, 0.25) is 0 Å². The molecular weight excluding hydrogens is 324 g/mol. The quantitative estimate of drug-likeness (QED) is 0.523. The average molecular weight is 340 g/mol. The third-order valence-corrected chi connectivity index (χ3v) is 3.90. The highest BCUT2D eigenvalue weighted by Crippen LogP contribution is 2.26. The molecule has 0 fully saturated rings. The summed E-state index contributed by atoms with van der Waals surface area (Å²) in [7, 11) is 0. The van der Waals surface area contributed by atoms with Gasteiger partial charge in [-0.1, -0.05) is 48.5 Å². The van der Waals surface area contributed by atoms with Crippen molar-refractivity contribution in [1.82, 2.24) is 4.98 Å². The van der Waals surface area contributed by atoms with E-state index >= 15 is 0 Å². The van der Waals surface area contributed by atoms with E-state index in [2.05, 4.69) is 10.3 Å². The van der Waals surface area contributed by atoms with E-state index in [0.29, 0.717) is 22.7 Å². The molecule has 0 saturated carbocycles. The summed E-state index contributed by atoms with van der Waals surface area (Å²) in [5.74, 6) is 0.369. The average Bonchev–Trinajstić information content (AvgIpc) is 3.11. The van der Waals surface area contributed by atoms with Crippen LogP contribution in [0.25, 0.3) is 28.6 Å². The Morgan fingerprint density at radius 3 is 2.42 bits per heavy atom. The molecule has 4 heteroatoms. The van der Waals surface area contributed by atoms with Crippen LogP contribution in [-0.4, -0.2) is 10.9 Å². The van der Waals surface area contributed by atoms with Crippen molar-refractivity contribution < 1.29 is 9.21 Å². The molecule has 4 rings (SSSR count). The minimum absolute atomic E-state index is 0.194. The zero-order chi connectivity index (χ0) is 17.8. The van der Waals surface area contributed by atoms with Crippen LogP contribution in [0.5, 0.6) is 0 Å². The SMILES string of the molecule is O=C(/C=C/c1ccccc1)Nc1ccc2oc(-c3ccccc3)nc2c1. The summed E-state index contributed by atoms with van der Waals surface area (Å²) in [4.78, 5) is 16.6. The summed E-state index contributed by atoms with van der Waals surface area (Å²) in [5.41, 5.74) is 3.95. The largest absolute Gasteiger partial charge is 0.436 e. The fourth-order valence-electron chi connectivity index (χ4n) is 2.63. The molecule has 1 N–H and O–H groups in total. The van der Waals surface area contributed by atoms with Gasteiger partial charge in [-0.15, -0.1) is 0 Å². The third kappa shape index (κ3) is 3.54. The van der Waals surface area contributed by atoms with Crippen LogP contribution >= 0.6 is 0 Å². The molecule has 1 amide bonds. The van der Waals surface area contributed by atoms with Gasteiger partial charge in [-0.3, -0.25) is 4.79 Å². The van der Waals surface area contributed by atoms with E-state index in [1.807, 2.05) is 66.7 Å². The highest BCUT2D eigenvalue weighted by Gasteiger charge is 2.09. The molecule has 1 aromatic heterocycles. The number of nitrogens with zero attached hydrogens (tertiary/aromatic N) is 1. The van der Waals surface area contributed by atoms with Gasteiger partial charge in [-0.25, -0.2) is 4.98 Å². The maximum Gasteiger partial charge on any atom is 0.248 e. The van der Waals surface area contributed by atoms with Gasteiger partial charge in [0.2, 0.25) is 11.8 Å². The Kier molecular flexibility index (Phi) is 4.31. The number of nitrogens with one attached hydrogen (secondary N) is 1. The molecule has 0 aliphatic heterocycles. The van der Waals surface area contributed by atoms with E-state index in [9.17, 15) is 4.79 Å². The minimum atomic E-state index is -0.194. The van der Waals surface area contributed by atoms with Crippen molar-refractivity contribution in [3.63, 3.8) is 0 Å². The molecule has 0 bridgehead atoms. The topological polar surface area (TPSA) is 55.1 Å². The molecule has 1 heterocycles. The number of aromatic nitrogens is 1. The van der Waals surface area contributed by atoms with Gasteiger partial charge < -0.3 is 9.73 Å². The second kappa shape index (κ2) is 7.07. The van der Waals surface area contributed by atoms with Crippen molar-refractivity contribution in [2.45, 2.75) is 0 Å². The Morgan fingerprint density at radius 2 is 1.65 bits per heavy atom. The van der Waals surface area contributed by atoms with Gasteiger partial charge in [-0.2, -0.15) is 0 Å². The molecule has 0 aliphatic carbocycles. The van der Waals surface area contributed by atoms with Crippen LogP contribution in [0.3, 0.4) is 0 Å². The summed E-state index contributed by atoms with van der Waals surface area (Å²) in [6.45, 7) is 0. The molecule has 26 heavy (non-hydrogen) atoms. The summed E-state index contributed by atoms with van der Waals surface area (Å²) in [6.07, 6.45) is 3.29. The van der Waals surface area contributed by atoms with Crippen molar-refractivity contribution in [2.75, 3.05) is 5.32 Å². The molecule has 0 radical (unpaired) electrons. The van der Waals surface area contributed by atoms with Crippen molar-refractivity contribution in [3.05, 3.63) is 90.5 Å². The molecule has 0 unspecified atom stereocenters. The van der Waals surface area contributed by atoms with Crippen molar-refractivity contribution in [3.8, 4) is 11.5 Å². The second-order valence-corrected chi connectivity index (χ2v) is 5.80. The van der Waals surface area contributed by atoms with Gasteiger partial charge in [0.15, 0.2) is 5.58 Å². The Balaban J connectivity index is 1.52. The molecule has 3 aromatic carbocycles. The maximum atomic E-state index is 12.1. The molecule has 0 atom stereocenters. The van der Waals surface area contributed by atoms with Crippen LogP contribution in [0.4, 0.5) is 5.69 Å². The number of carbonyl (C=O) groups excluding carboxylic acids is 1. The number of oxazole rings is 1. The lowest BCUT2D eigenvalue weighted by atomic mass is 10.2. The Hall–Kier alpha value is -3.66. The number of benzene rings is 3. The van der Waals surface area contributed by atoms with Gasteiger partial charge in [0.05, 0.1) is 0 Å². The van der Waals surface area contributed by atoms with Crippen LogP contribution in [-0.2, 0) is 4.79 Å². The lowest BCUT2D eigenvalue weighted by Gasteiger charge is -2.01. The van der Waals surface area contributed by atoms with Gasteiger partial charge in [0.1, 0.15) is 5.52 Å². The van der Waals surface area contributed by atoms with E-state index in [4.69, 9.17) is 4.42 Å². The lowest BCUT2D eigenvalue weighted by Crippen LogP contribution is -2.07. The molecule has 0 spiro atoms. The Labute approximate surface area is 150 Å². The van der Waals surface area contributed by atoms with Gasteiger partial charge in [-0.05, 0) is 42.0 Å². The molecule has 0 saturated heterocycles. The number of anilines is 1. The van der Waals surface area contributed by atoms with E-state index in [0.717, 1.165) is 11.1 Å². The van der Waals surface area contributed by atoms with Crippen LogP contribution in [0, 0.1) is 0 Å². The van der Waals surface area contributed by atoms with Crippen LogP contribution in [0.1, 0.15) is 5.56 Å². The number of hydrogen-bond acceptors (Lipinski definition) is 3.